The molecule has 1 atom stereocenters. The lowest BCUT2D eigenvalue weighted by molar-refractivity contribution is 0.497. The number of H-pyrrole nitrogens is 1. The van der Waals surface area contributed by atoms with Gasteiger partial charge in [-0.05, 0) is 26.3 Å². The van der Waals surface area contributed by atoms with Crippen molar-refractivity contribution in [2.75, 3.05) is 10.6 Å². The minimum atomic E-state index is 0.0892. The molecule has 0 aliphatic carbocycles. The average molecular weight is 408 g/mol. The molecule has 11 heteroatoms. The number of anilines is 2. The lowest BCUT2D eigenvalue weighted by atomic mass is 10.1. The van der Waals surface area contributed by atoms with E-state index < -0.39 is 0 Å². The van der Waals surface area contributed by atoms with Crippen molar-refractivity contribution in [3.8, 4) is 27.8 Å². The Morgan fingerprint density at radius 2 is 2.17 bits per heavy atom. The van der Waals surface area contributed by atoms with E-state index in [9.17, 15) is 0 Å². The quantitative estimate of drug-likeness (QED) is 0.528. The molecule has 0 fully saturated rings. The van der Waals surface area contributed by atoms with Crippen LogP contribution < -0.4 is 10.6 Å². The maximum atomic E-state index is 6.02. The maximum Gasteiger partial charge on any atom is 0.181 e. The normalized spacial score (nSPS) is 15.6. The number of rotatable bonds is 4. The molecule has 5 rings (SSSR count). The van der Waals surface area contributed by atoms with E-state index in [2.05, 4.69) is 56.0 Å². The van der Waals surface area contributed by atoms with Crippen LogP contribution in [0, 0.1) is 0 Å². The molecule has 0 saturated carbocycles. The predicted molar refractivity (Wildman–Crippen MR) is 111 cm³/mol. The molecule has 148 valence electrons. The van der Waals surface area contributed by atoms with Crippen LogP contribution in [0.3, 0.4) is 0 Å². The first kappa shape index (κ1) is 17.7. The zero-order valence-electron chi connectivity index (χ0n) is 16.2. The molecule has 0 aromatic carbocycles. The van der Waals surface area contributed by atoms with Gasteiger partial charge >= 0.3 is 0 Å². The number of nitrogen functional groups attached to an aromatic ring is 1. The molecule has 5 heterocycles. The van der Waals surface area contributed by atoms with Gasteiger partial charge in [0.1, 0.15) is 22.6 Å². The van der Waals surface area contributed by atoms with Crippen LogP contribution in [-0.4, -0.2) is 46.0 Å². The molecule has 0 unspecified atom stereocenters. The third-order valence-electron chi connectivity index (χ3n) is 5.01. The Hall–Kier alpha value is -3.34. The number of nitrogens with one attached hydrogen (secondary N) is 1. The van der Waals surface area contributed by atoms with Crippen molar-refractivity contribution in [3.05, 3.63) is 30.6 Å². The van der Waals surface area contributed by atoms with Crippen LogP contribution >= 0.6 is 11.3 Å². The summed E-state index contributed by atoms with van der Waals surface area (Å²) in [5.74, 6) is 2.34. The van der Waals surface area contributed by atoms with Crippen molar-refractivity contribution >= 4 is 22.3 Å². The number of hydrogen-bond donors (Lipinski definition) is 2. The molecular weight excluding hydrogens is 388 g/mol. The topological polar surface area (TPSA) is 127 Å². The predicted octanol–water partition coefficient (Wildman–Crippen LogP) is 2.83. The van der Waals surface area contributed by atoms with Crippen molar-refractivity contribution < 1.29 is 0 Å². The van der Waals surface area contributed by atoms with E-state index in [1.165, 1.54) is 11.3 Å². The molecule has 10 nitrogen and oxygen atoms in total. The van der Waals surface area contributed by atoms with Crippen molar-refractivity contribution in [1.29, 1.82) is 0 Å². The minimum Gasteiger partial charge on any atom is -0.375 e. The first-order valence-corrected chi connectivity index (χ1v) is 10.2. The summed E-state index contributed by atoms with van der Waals surface area (Å²) in [7, 11) is 0. The summed E-state index contributed by atoms with van der Waals surface area (Å²) in [5.41, 5.74) is 8.37. The van der Waals surface area contributed by atoms with Crippen molar-refractivity contribution in [2.24, 2.45) is 0 Å². The van der Waals surface area contributed by atoms with E-state index in [1.54, 1.807) is 12.5 Å². The van der Waals surface area contributed by atoms with Gasteiger partial charge in [0.15, 0.2) is 22.6 Å². The molecule has 3 N–H and O–H groups in total. The Bertz CT molecular complexity index is 1160. The highest BCUT2D eigenvalue weighted by Crippen LogP contribution is 2.41. The summed E-state index contributed by atoms with van der Waals surface area (Å²) in [6.45, 7) is 6.45. The molecule has 1 aliphatic rings. The van der Waals surface area contributed by atoms with E-state index in [4.69, 9.17) is 10.7 Å². The zero-order chi connectivity index (χ0) is 20.1. The molecule has 0 amide bonds. The highest BCUT2D eigenvalue weighted by molar-refractivity contribution is 7.19. The Balaban J connectivity index is 1.71. The van der Waals surface area contributed by atoms with Gasteiger partial charge in [0.2, 0.25) is 0 Å². The van der Waals surface area contributed by atoms with Gasteiger partial charge in [0, 0.05) is 12.2 Å². The maximum absolute atomic E-state index is 6.02. The number of aromatic nitrogens is 8. The fraction of sp³-hybridized carbons (Fsp3) is 0.333. The number of fused-ring (bicyclic) bond motifs is 3. The number of nitrogens with two attached hydrogens (primary N) is 1. The third-order valence-corrected chi connectivity index (χ3v) is 5.89. The van der Waals surface area contributed by atoms with Crippen LogP contribution in [-0.2, 0) is 0 Å². The second-order valence-corrected chi connectivity index (χ2v) is 8.12. The SMILES string of the molecule is CC[C@@H]1c2nncn2-c2cnc(-c3sc(N)nc3-c3ccn[nH]3)nc2N1C(C)C. The van der Waals surface area contributed by atoms with E-state index in [0.29, 0.717) is 16.6 Å². The molecule has 0 saturated heterocycles. The molecule has 1 aliphatic heterocycles. The third kappa shape index (κ3) is 2.69. The molecule has 4 aromatic rings. The summed E-state index contributed by atoms with van der Waals surface area (Å²) in [5, 5.41) is 15.9. The number of hydrogen-bond acceptors (Lipinski definition) is 9. The standard InChI is InChI=1S/C18H20N10S/c1-4-11-17-26-22-8-27(17)12-7-20-15(24-16(12)28(11)9(2)3)14-13(23-18(19)29-14)10-5-6-21-25-10/h5-9,11H,4H2,1-3H3,(H2,19,23)(H,21,25)/t11-/m1/s1. The number of thiazole rings is 1. The van der Waals surface area contributed by atoms with Crippen LogP contribution in [0.2, 0.25) is 0 Å². The Morgan fingerprint density at radius 1 is 1.31 bits per heavy atom. The van der Waals surface area contributed by atoms with Crippen LogP contribution in [0.1, 0.15) is 39.1 Å². The second kappa shape index (κ2) is 6.62. The smallest absolute Gasteiger partial charge is 0.181 e. The lowest BCUT2D eigenvalue weighted by Gasteiger charge is -2.39. The Labute approximate surface area is 170 Å². The molecule has 0 bridgehead atoms. The summed E-state index contributed by atoms with van der Waals surface area (Å²) in [4.78, 5) is 17.2. The number of aromatic amines is 1. The van der Waals surface area contributed by atoms with E-state index >= 15 is 0 Å². The van der Waals surface area contributed by atoms with Crippen molar-refractivity contribution in [2.45, 2.75) is 39.3 Å². The van der Waals surface area contributed by atoms with E-state index in [-0.39, 0.29) is 12.1 Å². The van der Waals surface area contributed by atoms with Crippen LogP contribution in [0.4, 0.5) is 10.9 Å². The Kier molecular flexibility index (Phi) is 4.05. The summed E-state index contributed by atoms with van der Waals surface area (Å²) >= 11 is 1.36. The summed E-state index contributed by atoms with van der Waals surface area (Å²) in [6, 6.07) is 2.17. The highest BCUT2D eigenvalue weighted by Gasteiger charge is 2.35. The molecular formula is C18H20N10S. The fourth-order valence-corrected chi connectivity index (χ4v) is 4.59. The average Bonchev–Trinajstić information content (AvgIpc) is 3.46. The van der Waals surface area contributed by atoms with Gasteiger partial charge in [-0.3, -0.25) is 9.67 Å². The number of nitrogens with zero attached hydrogens (tertiary/aromatic N) is 8. The van der Waals surface area contributed by atoms with Gasteiger partial charge in [-0.1, -0.05) is 18.3 Å². The largest absolute Gasteiger partial charge is 0.375 e. The van der Waals surface area contributed by atoms with Crippen molar-refractivity contribution in [3.63, 3.8) is 0 Å². The first-order valence-electron chi connectivity index (χ1n) is 9.40. The van der Waals surface area contributed by atoms with Gasteiger partial charge in [-0.15, -0.1) is 10.2 Å². The van der Waals surface area contributed by atoms with Crippen LogP contribution in [0.25, 0.3) is 27.8 Å². The molecule has 0 spiro atoms. The van der Waals surface area contributed by atoms with Gasteiger partial charge < -0.3 is 10.6 Å². The van der Waals surface area contributed by atoms with Crippen LogP contribution in [0.5, 0.6) is 0 Å². The second-order valence-electron chi connectivity index (χ2n) is 7.09. The van der Waals surface area contributed by atoms with Gasteiger partial charge in [-0.25, -0.2) is 15.0 Å². The van der Waals surface area contributed by atoms with Crippen LogP contribution in [0.15, 0.2) is 24.8 Å². The van der Waals surface area contributed by atoms with Crippen molar-refractivity contribution in [1.82, 2.24) is 39.9 Å². The summed E-state index contributed by atoms with van der Waals surface area (Å²) in [6.07, 6.45) is 6.11. The van der Waals surface area contributed by atoms with Gasteiger partial charge in [0.25, 0.3) is 0 Å². The monoisotopic (exact) mass is 408 g/mol. The minimum absolute atomic E-state index is 0.0892. The fourth-order valence-electron chi connectivity index (χ4n) is 3.81. The van der Waals surface area contributed by atoms with Gasteiger partial charge in [0.05, 0.1) is 17.9 Å². The van der Waals surface area contributed by atoms with E-state index in [0.717, 1.165) is 34.3 Å². The summed E-state index contributed by atoms with van der Waals surface area (Å²) < 4.78 is 1.98. The molecule has 29 heavy (non-hydrogen) atoms. The zero-order valence-corrected chi connectivity index (χ0v) is 17.1. The highest BCUT2D eigenvalue weighted by atomic mass is 32.1. The first-order chi connectivity index (χ1) is 14.1. The lowest BCUT2D eigenvalue weighted by Crippen LogP contribution is -2.40. The van der Waals surface area contributed by atoms with Gasteiger partial charge in [-0.2, -0.15) is 5.10 Å². The van der Waals surface area contributed by atoms with E-state index in [1.807, 2.05) is 16.8 Å². The Morgan fingerprint density at radius 3 is 2.90 bits per heavy atom. The molecule has 0 radical (unpaired) electrons. The molecule has 4 aromatic heterocycles.